The third-order valence-electron chi connectivity index (χ3n) is 3.46. The van der Waals surface area contributed by atoms with E-state index in [2.05, 4.69) is 26.7 Å². The smallest absolute Gasteiger partial charge is 0.354 e. The lowest BCUT2D eigenvalue weighted by Gasteiger charge is -2.21. The first-order valence-electron chi connectivity index (χ1n) is 6.66. The van der Waals surface area contributed by atoms with Gasteiger partial charge in [0, 0.05) is 25.3 Å². The summed E-state index contributed by atoms with van der Waals surface area (Å²) in [5.74, 6) is -0.970. The number of carboxylic acids is 1. The summed E-state index contributed by atoms with van der Waals surface area (Å²) < 4.78 is 0. The Balaban J connectivity index is 1.73. The van der Waals surface area contributed by atoms with E-state index in [1.807, 2.05) is 6.07 Å². The summed E-state index contributed by atoms with van der Waals surface area (Å²) in [5, 5.41) is 13.3. The molecule has 0 bridgehead atoms. The molecule has 0 spiro atoms. The van der Waals surface area contributed by atoms with Gasteiger partial charge in [-0.15, -0.1) is 0 Å². The zero-order valence-corrected chi connectivity index (χ0v) is 11.8. The minimum absolute atomic E-state index is 0.119. The fourth-order valence-corrected chi connectivity index (χ4v) is 2.95. The third-order valence-corrected chi connectivity index (χ3v) is 4.19. The Kier molecular flexibility index (Phi) is 3.80. The third kappa shape index (κ3) is 3.23. The van der Waals surface area contributed by atoms with Crippen molar-refractivity contribution in [2.45, 2.75) is 32.0 Å². The Hall–Kier alpha value is -1.72. The minimum atomic E-state index is -0.970. The second-order valence-electron chi connectivity index (χ2n) is 5.12. The highest BCUT2D eigenvalue weighted by Gasteiger charge is 2.29. The number of carbonyl (C=O) groups is 1. The molecule has 1 saturated carbocycles. The standard InChI is InChI=1S/C15H16N2O2S/c18-15(19)14-7-11(3-5-16-14)8-17(13-1-2-13)9-12-4-6-20-10-12/h3-7,10,13H,1-2,8-9H2,(H,18,19). The van der Waals surface area contributed by atoms with E-state index in [1.165, 1.54) is 18.4 Å². The van der Waals surface area contributed by atoms with E-state index in [1.54, 1.807) is 23.6 Å². The molecule has 1 aliphatic rings. The van der Waals surface area contributed by atoms with Crippen LogP contribution in [0, 0.1) is 0 Å². The van der Waals surface area contributed by atoms with Crippen molar-refractivity contribution in [2.75, 3.05) is 0 Å². The van der Waals surface area contributed by atoms with Crippen LogP contribution in [0.5, 0.6) is 0 Å². The van der Waals surface area contributed by atoms with Gasteiger partial charge in [-0.2, -0.15) is 11.3 Å². The molecule has 0 aromatic carbocycles. The van der Waals surface area contributed by atoms with Crippen molar-refractivity contribution in [1.29, 1.82) is 0 Å². The summed E-state index contributed by atoms with van der Waals surface area (Å²) in [7, 11) is 0. The molecule has 2 aromatic rings. The van der Waals surface area contributed by atoms with Crippen LogP contribution in [-0.2, 0) is 13.1 Å². The molecule has 0 unspecified atom stereocenters. The van der Waals surface area contributed by atoms with Crippen molar-refractivity contribution >= 4 is 17.3 Å². The predicted molar refractivity (Wildman–Crippen MR) is 77.8 cm³/mol. The van der Waals surface area contributed by atoms with E-state index in [-0.39, 0.29) is 5.69 Å². The molecule has 0 amide bonds. The molecule has 2 heterocycles. The molecule has 104 valence electrons. The molecule has 0 atom stereocenters. The Labute approximate surface area is 121 Å². The van der Waals surface area contributed by atoms with Gasteiger partial charge in [0.05, 0.1) is 0 Å². The second kappa shape index (κ2) is 5.73. The van der Waals surface area contributed by atoms with Crippen molar-refractivity contribution in [3.63, 3.8) is 0 Å². The lowest BCUT2D eigenvalue weighted by molar-refractivity contribution is 0.0690. The van der Waals surface area contributed by atoms with Gasteiger partial charge in [0.25, 0.3) is 0 Å². The summed E-state index contributed by atoms with van der Waals surface area (Å²) in [6, 6.07) is 6.35. The number of aromatic nitrogens is 1. The summed E-state index contributed by atoms with van der Waals surface area (Å²) >= 11 is 1.71. The summed E-state index contributed by atoms with van der Waals surface area (Å²) in [6.45, 7) is 1.71. The normalized spacial score (nSPS) is 14.7. The first-order valence-corrected chi connectivity index (χ1v) is 7.60. The molecule has 1 aliphatic carbocycles. The average molecular weight is 288 g/mol. The maximum atomic E-state index is 11.0. The molecule has 4 nitrogen and oxygen atoms in total. The van der Waals surface area contributed by atoms with Gasteiger partial charge in [0.2, 0.25) is 0 Å². The molecule has 2 aromatic heterocycles. The molecular weight excluding hydrogens is 272 g/mol. The van der Waals surface area contributed by atoms with Crippen LogP contribution in [0.25, 0.3) is 0 Å². The van der Waals surface area contributed by atoms with E-state index in [9.17, 15) is 4.79 Å². The fraction of sp³-hybridized carbons (Fsp3) is 0.333. The van der Waals surface area contributed by atoms with Gasteiger partial charge in [-0.25, -0.2) is 9.78 Å². The molecule has 1 fully saturated rings. The van der Waals surface area contributed by atoms with Crippen LogP contribution in [0.1, 0.15) is 34.5 Å². The number of hydrogen-bond donors (Lipinski definition) is 1. The topological polar surface area (TPSA) is 53.4 Å². The highest BCUT2D eigenvalue weighted by Crippen LogP contribution is 2.30. The van der Waals surface area contributed by atoms with Crippen LogP contribution in [0.2, 0.25) is 0 Å². The highest BCUT2D eigenvalue weighted by atomic mass is 32.1. The summed E-state index contributed by atoms with van der Waals surface area (Å²) in [5.41, 5.74) is 2.46. The molecule has 3 rings (SSSR count). The van der Waals surface area contributed by atoms with Crippen LogP contribution in [-0.4, -0.2) is 27.0 Å². The zero-order valence-electron chi connectivity index (χ0n) is 11.0. The summed E-state index contributed by atoms with van der Waals surface area (Å²) in [4.78, 5) is 17.3. The van der Waals surface area contributed by atoms with E-state index in [4.69, 9.17) is 5.11 Å². The number of thiophene rings is 1. The largest absolute Gasteiger partial charge is 0.477 e. The van der Waals surface area contributed by atoms with Crippen LogP contribution in [0.4, 0.5) is 0 Å². The van der Waals surface area contributed by atoms with E-state index in [0.717, 1.165) is 18.7 Å². The Morgan fingerprint density at radius 2 is 2.15 bits per heavy atom. The van der Waals surface area contributed by atoms with Crippen molar-refractivity contribution in [2.24, 2.45) is 0 Å². The minimum Gasteiger partial charge on any atom is -0.477 e. The number of hydrogen-bond acceptors (Lipinski definition) is 4. The quantitative estimate of drug-likeness (QED) is 0.887. The molecule has 20 heavy (non-hydrogen) atoms. The SMILES string of the molecule is O=C(O)c1cc(CN(Cc2ccsc2)C2CC2)ccn1. The number of pyridine rings is 1. The van der Waals surface area contributed by atoms with E-state index < -0.39 is 5.97 Å². The molecule has 0 saturated heterocycles. The predicted octanol–water partition coefficient (Wildman–Crippen LogP) is 3.01. The first kappa shape index (κ1) is 13.3. The van der Waals surface area contributed by atoms with Gasteiger partial charge < -0.3 is 5.11 Å². The zero-order chi connectivity index (χ0) is 13.9. The fourth-order valence-electron chi connectivity index (χ4n) is 2.30. The van der Waals surface area contributed by atoms with Crippen molar-refractivity contribution in [3.05, 3.63) is 52.0 Å². The Bertz CT molecular complexity index is 594. The van der Waals surface area contributed by atoms with Gasteiger partial charge in [-0.05, 0) is 52.9 Å². The van der Waals surface area contributed by atoms with Gasteiger partial charge in [0.15, 0.2) is 0 Å². The van der Waals surface area contributed by atoms with Crippen molar-refractivity contribution < 1.29 is 9.90 Å². The maximum absolute atomic E-state index is 11.0. The maximum Gasteiger partial charge on any atom is 0.354 e. The molecule has 0 aliphatic heterocycles. The average Bonchev–Trinajstić information content (AvgIpc) is 3.17. The van der Waals surface area contributed by atoms with Crippen LogP contribution in [0.3, 0.4) is 0 Å². The van der Waals surface area contributed by atoms with Gasteiger partial charge >= 0.3 is 5.97 Å². The first-order chi connectivity index (χ1) is 9.72. The van der Waals surface area contributed by atoms with Gasteiger partial charge in [-0.1, -0.05) is 0 Å². The highest BCUT2D eigenvalue weighted by molar-refractivity contribution is 7.07. The van der Waals surface area contributed by atoms with Gasteiger partial charge in [0.1, 0.15) is 5.69 Å². The Morgan fingerprint density at radius 1 is 1.35 bits per heavy atom. The van der Waals surface area contributed by atoms with E-state index >= 15 is 0 Å². The number of aromatic carboxylic acids is 1. The van der Waals surface area contributed by atoms with Crippen molar-refractivity contribution in [3.8, 4) is 0 Å². The van der Waals surface area contributed by atoms with Crippen LogP contribution < -0.4 is 0 Å². The molecule has 0 radical (unpaired) electrons. The molecule has 5 heteroatoms. The second-order valence-corrected chi connectivity index (χ2v) is 5.90. The lowest BCUT2D eigenvalue weighted by atomic mass is 10.2. The van der Waals surface area contributed by atoms with E-state index in [0.29, 0.717) is 6.04 Å². The number of carboxylic acid groups (broad SMARTS) is 1. The number of rotatable bonds is 6. The molecular formula is C15H16N2O2S. The van der Waals surface area contributed by atoms with Gasteiger partial charge in [-0.3, -0.25) is 4.90 Å². The Morgan fingerprint density at radius 3 is 2.80 bits per heavy atom. The summed E-state index contributed by atoms with van der Waals surface area (Å²) in [6.07, 6.45) is 4.05. The van der Waals surface area contributed by atoms with Crippen molar-refractivity contribution in [1.82, 2.24) is 9.88 Å². The van der Waals surface area contributed by atoms with Crippen LogP contribution >= 0.6 is 11.3 Å². The molecule has 1 N–H and O–H groups in total. The monoisotopic (exact) mass is 288 g/mol. The number of nitrogens with zero attached hydrogens (tertiary/aromatic N) is 2. The lowest BCUT2D eigenvalue weighted by Crippen LogP contribution is -2.25. The van der Waals surface area contributed by atoms with Crippen LogP contribution in [0.15, 0.2) is 35.2 Å².